The number of benzene rings is 2. The van der Waals surface area contributed by atoms with Gasteiger partial charge in [0.2, 0.25) is 0 Å². The zero-order valence-corrected chi connectivity index (χ0v) is 36.5. The van der Waals surface area contributed by atoms with E-state index in [0.29, 0.717) is 0 Å². The van der Waals surface area contributed by atoms with Crippen molar-refractivity contribution in [2.45, 2.75) is 30.8 Å². The second kappa shape index (κ2) is 16.6. The fourth-order valence-corrected chi connectivity index (χ4v) is 12.6. The van der Waals surface area contributed by atoms with Crippen LogP contribution in [0.25, 0.3) is 52.0 Å². The van der Waals surface area contributed by atoms with E-state index in [4.69, 9.17) is 14.6 Å². The van der Waals surface area contributed by atoms with E-state index in [0.717, 1.165) is 115 Å². The van der Waals surface area contributed by atoms with Crippen molar-refractivity contribution in [2.75, 3.05) is 63.8 Å². The number of ether oxygens (including phenoxy) is 2. The van der Waals surface area contributed by atoms with Gasteiger partial charge in [0.15, 0.2) is 0 Å². The minimum atomic E-state index is -0.0237. The van der Waals surface area contributed by atoms with Crippen LogP contribution in [0.5, 0.6) is 0 Å². The molecule has 2 aromatic carbocycles. The highest BCUT2D eigenvalue weighted by Crippen LogP contribution is 2.47. The molecule has 0 radical (unpaired) electrons. The second-order valence-electron chi connectivity index (χ2n) is 15.1. The van der Waals surface area contributed by atoms with Gasteiger partial charge in [0.05, 0.1) is 67.1 Å². The summed E-state index contributed by atoms with van der Waals surface area (Å²) in [5.41, 5.74) is 12.9. The number of hydrogen-bond donors (Lipinski definition) is 4. The molecule has 2 saturated heterocycles. The molecule has 11 nitrogen and oxygen atoms in total. The van der Waals surface area contributed by atoms with Crippen LogP contribution >= 0.6 is 45.3 Å². The Morgan fingerprint density at radius 3 is 1.88 bits per heavy atom. The number of aromatic nitrogens is 4. The van der Waals surface area contributed by atoms with Crippen molar-refractivity contribution in [1.29, 1.82) is 0 Å². The van der Waals surface area contributed by atoms with Gasteiger partial charge in [-0.3, -0.25) is 4.90 Å². The predicted molar refractivity (Wildman–Crippen MR) is 251 cm³/mol. The number of rotatable bonds is 7. The zero-order valence-electron chi connectivity index (χ0n) is 33.2. The van der Waals surface area contributed by atoms with Crippen LogP contribution in [-0.2, 0) is 9.47 Å². The third kappa shape index (κ3) is 7.11. The molecule has 8 aromatic rings. The van der Waals surface area contributed by atoms with Crippen molar-refractivity contribution in [3.63, 3.8) is 0 Å². The van der Waals surface area contributed by atoms with Gasteiger partial charge in [-0.1, -0.05) is 19.1 Å². The van der Waals surface area contributed by atoms with Crippen LogP contribution in [0.2, 0.25) is 0 Å². The van der Waals surface area contributed by atoms with Crippen molar-refractivity contribution >= 4 is 120 Å². The van der Waals surface area contributed by atoms with Crippen molar-refractivity contribution in [3.05, 3.63) is 106 Å². The summed E-state index contributed by atoms with van der Waals surface area (Å²) in [6.07, 6.45) is 10.6. The van der Waals surface area contributed by atoms with Gasteiger partial charge in [0.25, 0.3) is 0 Å². The number of nitrogens with one attached hydrogen (secondary N) is 3. The first kappa shape index (κ1) is 39.5. The smallest absolute Gasteiger partial charge is 0.125 e. The minimum absolute atomic E-state index is 0.0237. The van der Waals surface area contributed by atoms with Crippen molar-refractivity contribution in [2.24, 2.45) is 0 Å². The van der Waals surface area contributed by atoms with E-state index in [1.165, 1.54) is 35.7 Å². The second-order valence-corrected chi connectivity index (χ2v) is 18.9. The Bertz CT molecular complexity index is 2880. The quantitative estimate of drug-likeness (QED) is 0.122. The van der Waals surface area contributed by atoms with E-state index in [1.807, 2.05) is 29.5 Å². The molecule has 6 aromatic heterocycles. The lowest BCUT2D eigenvalue weighted by Crippen LogP contribution is -2.46. The summed E-state index contributed by atoms with van der Waals surface area (Å²) in [7, 11) is 1.00. The van der Waals surface area contributed by atoms with Crippen LogP contribution < -0.4 is 16.0 Å². The Morgan fingerprint density at radius 2 is 1.32 bits per heavy atom. The summed E-state index contributed by atoms with van der Waals surface area (Å²) >= 11 is 6.87. The standard InChI is InChI=1S/C23H22N4OS2.C21H18N4OS2.CH4O/c1-2-27-9-6-17(23(27)7-10-28-13-23)21-12-16-18(5-8-24-22(16)30-21)26-15-3-4-20-19(11-15)25-14-29-20;1-2-18-17(23-12-27-18)9-13(1)25-16-4-6-22-20-14(16)10-19(28-20)15-3-7-24-21(15)5-8-26-11-21;1-2/h3-6,8,11-12,14H,2,7,9-10,13H2,1H3,(H,24,26);1-4,6,9-10,12,24H,5,7-8,11H2,(H,22,25);2H,1H3. The van der Waals surface area contributed by atoms with Gasteiger partial charge in [0.1, 0.15) is 9.66 Å². The Hall–Kier alpha value is -4.68. The van der Waals surface area contributed by atoms with E-state index in [2.05, 4.69) is 114 Å². The number of hydrogen-bond acceptors (Lipinski definition) is 15. The topological polar surface area (TPSA) is 130 Å². The highest BCUT2D eigenvalue weighted by molar-refractivity contribution is 7.20. The Morgan fingerprint density at radius 1 is 0.717 bits per heavy atom. The number of thiophene rings is 2. The first-order valence-corrected chi connectivity index (χ1v) is 23.5. The highest BCUT2D eigenvalue weighted by Gasteiger charge is 2.47. The summed E-state index contributed by atoms with van der Waals surface area (Å²) in [5, 5.41) is 20.1. The van der Waals surface area contributed by atoms with Crippen LogP contribution in [-0.4, -0.2) is 94.2 Å². The van der Waals surface area contributed by atoms with Gasteiger partial charge >= 0.3 is 0 Å². The Labute approximate surface area is 363 Å². The molecule has 2 fully saturated rings. The van der Waals surface area contributed by atoms with E-state index >= 15 is 0 Å². The van der Waals surface area contributed by atoms with Gasteiger partial charge in [0, 0.05) is 77.7 Å². The molecule has 306 valence electrons. The lowest BCUT2D eigenvalue weighted by molar-refractivity contribution is 0.129. The SMILES string of the molecule is C1=C(c2cc3c(Nc4ccc5scnc5c4)ccnc3s2)C2(CCOC2)NC1.CCN1CC=C(c2cc3c(Nc4ccc5scnc5c4)ccnc3s2)C12CCOC2.CO. The molecule has 2 atom stereocenters. The van der Waals surface area contributed by atoms with Crippen LogP contribution in [0.3, 0.4) is 0 Å². The predicted octanol–water partition coefficient (Wildman–Crippen LogP) is 9.93. The molecule has 10 heterocycles. The molecule has 0 aliphatic carbocycles. The van der Waals surface area contributed by atoms with Crippen LogP contribution in [0.4, 0.5) is 22.7 Å². The molecular formula is C45H44N8O3S4. The number of aliphatic hydroxyl groups excluding tert-OH is 1. The van der Waals surface area contributed by atoms with E-state index in [1.54, 1.807) is 45.3 Å². The fourth-order valence-electron chi connectivity index (χ4n) is 8.95. The first-order valence-electron chi connectivity index (χ1n) is 20.1. The number of pyridine rings is 2. The largest absolute Gasteiger partial charge is 0.400 e. The molecule has 12 rings (SSSR count). The highest BCUT2D eigenvalue weighted by atomic mass is 32.1. The molecule has 2 spiro atoms. The number of nitrogens with zero attached hydrogens (tertiary/aromatic N) is 5. The molecule has 4 aliphatic rings. The average Bonchev–Trinajstić information content (AvgIpc) is 4.13. The lowest BCUT2D eigenvalue weighted by atomic mass is 9.88. The maximum absolute atomic E-state index is 7.00. The van der Waals surface area contributed by atoms with Crippen molar-refractivity contribution < 1.29 is 14.6 Å². The summed E-state index contributed by atoms with van der Waals surface area (Å²) in [6, 6.07) is 21.3. The fraction of sp³-hybridized carbons (Fsp3) is 0.289. The normalized spacial score (nSPS) is 21.2. The summed E-state index contributed by atoms with van der Waals surface area (Å²) in [4.78, 5) is 25.4. The molecule has 15 heteroatoms. The molecule has 2 unspecified atom stereocenters. The van der Waals surface area contributed by atoms with Gasteiger partial charge in [-0.2, -0.15) is 0 Å². The van der Waals surface area contributed by atoms with Gasteiger partial charge in [-0.05, 0) is 91.2 Å². The first-order chi connectivity index (χ1) is 29.6. The number of thiazole rings is 2. The Balaban J connectivity index is 0.000000139. The number of aliphatic hydroxyl groups is 1. The van der Waals surface area contributed by atoms with Gasteiger partial charge in [-0.25, -0.2) is 19.9 Å². The average molecular weight is 873 g/mol. The maximum atomic E-state index is 7.00. The minimum Gasteiger partial charge on any atom is -0.400 e. The molecule has 60 heavy (non-hydrogen) atoms. The molecular weight excluding hydrogens is 829 g/mol. The van der Waals surface area contributed by atoms with Crippen LogP contribution in [0, 0.1) is 0 Å². The van der Waals surface area contributed by atoms with Gasteiger partial charge in [-0.15, -0.1) is 45.3 Å². The number of likely N-dealkylation sites (N-methyl/N-ethyl adjacent to an activating group) is 1. The molecule has 0 bridgehead atoms. The third-order valence-electron chi connectivity index (χ3n) is 11.9. The van der Waals surface area contributed by atoms with Crippen molar-refractivity contribution in [1.82, 2.24) is 30.2 Å². The number of fused-ring (bicyclic) bond motifs is 4. The zero-order chi connectivity index (χ0) is 40.7. The monoisotopic (exact) mass is 872 g/mol. The lowest BCUT2D eigenvalue weighted by Gasteiger charge is -2.35. The molecule has 4 aliphatic heterocycles. The summed E-state index contributed by atoms with van der Waals surface area (Å²) < 4.78 is 14.0. The third-order valence-corrected chi connectivity index (χ3v) is 15.7. The van der Waals surface area contributed by atoms with E-state index < -0.39 is 0 Å². The maximum Gasteiger partial charge on any atom is 0.125 e. The number of anilines is 4. The van der Waals surface area contributed by atoms with E-state index in [9.17, 15) is 0 Å². The van der Waals surface area contributed by atoms with Crippen LogP contribution in [0.15, 0.2) is 96.2 Å². The van der Waals surface area contributed by atoms with Crippen LogP contribution in [0.1, 0.15) is 29.5 Å². The summed E-state index contributed by atoms with van der Waals surface area (Å²) in [5.74, 6) is 0. The summed E-state index contributed by atoms with van der Waals surface area (Å²) in [6.45, 7) is 8.37. The Kier molecular flexibility index (Phi) is 10.9. The molecule has 0 saturated carbocycles. The molecule has 0 amide bonds. The van der Waals surface area contributed by atoms with E-state index in [-0.39, 0.29) is 11.1 Å². The van der Waals surface area contributed by atoms with Gasteiger partial charge < -0.3 is 30.5 Å². The molecule has 4 N–H and O–H groups in total. The van der Waals surface area contributed by atoms with Crippen molar-refractivity contribution in [3.8, 4) is 0 Å².